The van der Waals surface area contributed by atoms with Crippen molar-refractivity contribution in [1.29, 1.82) is 0 Å². The standard InChI is InChI=1S/C28H36ClFN4O/c1-19(2)15-27(25-17-24(30)10-9-22(25)18-31)34-12-6-11-33(13-14-34)21(4)28(35)32-26-8-5-7-23(29)16-20(26)3/h5,7-10,15-17,19,21H,3,6,11-14,18,31H2,1-2,4H3,(H,32,35)/b27-15+. The maximum Gasteiger partial charge on any atom is 0.241 e. The number of halogens is 2. The Labute approximate surface area is 213 Å². The fourth-order valence-electron chi connectivity index (χ4n) is 4.37. The number of benzene rings is 1. The number of nitrogens with one attached hydrogen (secondary N) is 1. The SMILES string of the molecule is C=C1C=C(Cl)C=CC=C1NC(=O)C(C)N1CCCN(/C(=C/C(C)C)c2cc(F)ccc2CN)CC1. The number of hydrogen-bond donors (Lipinski definition) is 2. The van der Waals surface area contributed by atoms with Gasteiger partial charge in [-0.3, -0.25) is 9.69 Å². The lowest BCUT2D eigenvalue weighted by molar-refractivity contribution is -0.125. The Bertz CT molecular complexity index is 1070. The van der Waals surface area contributed by atoms with Crippen molar-refractivity contribution in [2.24, 2.45) is 11.7 Å². The summed E-state index contributed by atoms with van der Waals surface area (Å²) in [6.45, 7) is 13.6. The fraction of sp³-hybridized carbons (Fsp3) is 0.393. The van der Waals surface area contributed by atoms with Crippen LogP contribution in [0.25, 0.3) is 5.70 Å². The van der Waals surface area contributed by atoms with Gasteiger partial charge in [-0.15, -0.1) is 0 Å². The molecule has 7 heteroatoms. The summed E-state index contributed by atoms with van der Waals surface area (Å²) in [5.74, 6) is -0.0614. The summed E-state index contributed by atoms with van der Waals surface area (Å²) in [6, 6.07) is 4.49. The molecule has 1 aromatic rings. The molecule has 1 unspecified atom stereocenters. The van der Waals surface area contributed by atoms with Crippen LogP contribution in [-0.2, 0) is 11.3 Å². The Morgan fingerprint density at radius 2 is 2.03 bits per heavy atom. The van der Waals surface area contributed by atoms with Gasteiger partial charge < -0.3 is 16.0 Å². The van der Waals surface area contributed by atoms with E-state index in [0.717, 1.165) is 42.9 Å². The molecule has 3 rings (SSSR count). The maximum absolute atomic E-state index is 14.2. The first-order valence-corrected chi connectivity index (χ1v) is 12.5. The highest BCUT2D eigenvalue weighted by atomic mass is 35.5. The molecule has 0 radical (unpaired) electrons. The zero-order chi connectivity index (χ0) is 25.5. The van der Waals surface area contributed by atoms with Crippen molar-refractivity contribution in [2.75, 3.05) is 26.2 Å². The Morgan fingerprint density at radius 3 is 2.74 bits per heavy atom. The van der Waals surface area contributed by atoms with E-state index < -0.39 is 0 Å². The van der Waals surface area contributed by atoms with Crippen LogP contribution in [0.5, 0.6) is 0 Å². The first kappa shape index (κ1) is 26.9. The smallest absolute Gasteiger partial charge is 0.241 e. The van der Waals surface area contributed by atoms with Crippen LogP contribution >= 0.6 is 11.6 Å². The molecule has 1 fully saturated rings. The Balaban J connectivity index is 1.73. The van der Waals surface area contributed by atoms with Gasteiger partial charge in [0.2, 0.25) is 5.91 Å². The van der Waals surface area contributed by atoms with Crippen molar-refractivity contribution in [2.45, 2.75) is 39.8 Å². The minimum Gasteiger partial charge on any atom is -0.370 e. The number of rotatable bonds is 7. The molecule has 3 N–H and O–H groups in total. The van der Waals surface area contributed by atoms with Gasteiger partial charge >= 0.3 is 0 Å². The minimum absolute atomic E-state index is 0.0841. The lowest BCUT2D eigenvalue weighted by atomic mass is 10.00. The Morgan fingerprint density at radius 1 is 1.26 bits per heavy atom. The fourth-order valence-corrected chi connectivity index (χ4v) is 4.58. The minimum atomic E-state index is -0.318. The number of carbonyl (C=O) groups excluding carboxylic acids is 1. The average molecular weight is 499 g/mol. The van der Waals surface area contributed by atoms with Gasteiger partial charge in [0.05, 0.1) is 6.04 Å². The molecule has 1 amide bonds. The highest BCUT2D eigenvalue weighted by Crippen LogP contribution is 2.27. The number of nitrogens with two attached hydrogens (primary N) is 1. The van der Waals surface area contributed by atoms with Gasteiger partial charge in [0, 0.05) is 54.7 Å². The van der Waals surface area contributed by atoms with E-state index in [1.54, 1.807) is 36.4 Å². The molecule has 35 heavy (non-hydrogen) atoms. The van der Waals surface area contributed by atoms with E-state index in [1.165, 1.54) is 6.07 Å². The largest absolute Gasteiger partial charge is 0.370 e. The number of amides is 1. The zero-order valence-electron chi connectivity index (χ0n) is 20.9. The average Bonchev–Trinajstić information content (AvgIpc) is 3.15. The van der Waals surface area contributed by atoms with Crippen LogP contribution in [0.15, 0.2) is 71.5 Å². The molecule has 0 bridgehead atoms. The van der Waals surface area contributed by atoms with E-state index in [2.05, 4.69) is 41.6 Å². The summed E-state index contributed by atoms with van der Waals surface area (Å²) in [5, 5.41) is 3.57. The highest BCUT2D eigenvalue weighted by Gasteiger charge is 2.26. The normalized spacial score (nSPS) is 18.7. The van der Waals surface area contributed by atoms with Gasteiger partial charge in [0.25, 0.3) is 0 Å². The lowest BCUT2D eigenvalue weighted by Crippen LogP contribution is -2.46. The Kier molecular flexibility index (Phi) is 9.49. The molecule has 1 heterocycles. The predicted molar refractivity (Wildman–Crippen MR) is 143 cm³/mol. The molecular weight excluding hydrogens is 463 g/mol. The zero-order valence-corrected chi connectivity index (χ0v) is 21.6. The van der Waals surface area contributed by atoms with Crippen LogP contribution in [0.3, 0.4) is 0 Å². The number of allylic oxidation sites excluding steroid dienone is 6. The molecule has 1 aromatic carbocycles. The molecule has 2 aliphatic rings. The molecule has 0 spiro atoms. The second-order valence-electron chi connectivity index (χ2n) is 9.34. The summed E-state index contributed by atoms with van der Waals surface area (Å²) in [7, 11) is 0. The molecule has 1 aliphatic carbocycles. The van der Waals surface area contributed by atoms with Gasteiger partial charge in [0.1, 0.15) is 5.82 Å². The number of nitrogens with zero attached hydrogens (tertiary/aromatic N) is 2. The molecule has 1 aliphatic heterocycles. The second-order valence-corrected chi connectivity index (χ2v) is 9.77. The van der Waals surface area contributed by atoms with E-state index in [0.29, 0.717) is 35.3 Å². The van der Waals surface area contributed by atoms with Crippen molar-refractivity contribution in [3.63, 3.8) is 0 Å². The van der Waals surface area contributed by atoms with Crippen molar-refractivity contribution in [1.82, 2.24) is 15.1 Å². The highest BCUT2D eigenvalue weighted by molar-refractivity contribution is 6.31. The van der Waals surface area contributed by atoms with E-state index in [4.69, 9.17) is 17.3 Å². The van der Waals surface area contributed by atoms with Crippen LogP contribution in [0, 0.1) is 11.7 Å². The molecule has 1 atom stereocenters. The maximum atomic E-state index is 14.2. The van der Waals surface area contributed by atoms with Gasteiger partial charge in [-0.25, -0.2) is 4.39 Å². The van der Waals surface area contributed by atoms with Crippen LogP contribution < -0.4 is 11.1 Å². The molecule has 5 nitrogen and oxygen atoms in total. The summed E-state index contributed by atoms with van der Waals surface area (Å²) in [6.07, 6.45) is 10.2. The molecule has 1 saturated heterocycles. The summed E-state index contributed by atoms with van der Waals surface area (Å²) >= 11 is 6.08. The van der Waals surface area contributed by atoms with E-state index >= 15 is 0 Å². The van der Waals surface area contributed by atoms with Gasteiger partial charge in [-0.05, 0) is 60.8 Å². The van der Waals surface area contributed by atoms with Crippen LogP contribution in [0.1, 0.15) is 38.3 Å². The number of carbonyl (C=O) groups is 1. The first-order valence-electron chi connectivity index (χ1n) is 12.1. The quantitative estimate of drug-likeness (QED) is 0.559. The summed E-state index contributed by atoms with van der Waals surface area (Å²) in [4.78, 5) is 17.6. The first-order chi connectivity index (χ1) is 16.7. The monoisotopic (exact) mass is 498 g/mol. The van der Waals surface area contributed by atoms with E-state index in [9.17, 15) is 9.18 Å². The lowest BCUT2D eigenvalue weighted by Gasteiger charge is -2.30. The van der Waals surface area contributed by atoms with Gasteiger partial charge in [-0.1, -0.05) is 50.2 Å². The van der Waals surface area contributed by atoms with Crippen LogP contribution in [0.2, 0.25) is 0 Å². The topological polar surface area (TPSA) is 61.6 Å². The molecule has 0 saturated carbocycles. The second kappa shape index (κ2) is 12.3. The third kappa shape index (κ3) is 7.17. The van der Waals surface area contributed by atoms with Gasteiger partial charge in [-0.2, -0.15) is 0 Å². The molecule has 0 aromatic heterocycles. The molecular formula is C28H36ClFN4O. The third-order valence-electron chi connectivity index (χ3n) is 6.29. The Hall–Kier alpha value is -2.67. The van der Waals surface area contributed by atoms with E-state index in [1.807, 2.05) is 6.92 Å². The number of hydrogen-bond acceptors (Lipinski definition) is 4. The van der Waals surface area contributed by atoms with Crippen LogP contribution in [-0.4, -0.2) is 47.9 Å². The predicted octanol–water partition coefficient (Wildman–Crippen LogP) is 4.93. The van der Waals surface area contributed by atoms with Crippen molar-refractivity contribution in [3.05, 3.63) is 88.4 Å². The summed E-state index contributed by atoms with van der Waals surface area (Å²) in [5.41, 5.74) is 10.1. The van der Waals surface area contributed by atoms with Crippen molar-refractivity contribution in [3.8, 4) is 0 Å². The van der Waals surface area contributed by atoms with Crippen LogP contribution in [0.4, 0.5) is 4.39 Å². The summed E-state index contributed by atoms with van der Waals surface area (Å²) < 4.78 is 14.2. The van der Waals surface area contributed by atoms with Crippen molar-refractivity contribution < 1.29 is 9.18 Å². The third-order valence-corrected chi connectivity index (χ3v) is 6.53. The van der Waals surface area contributed by atoms with Gasteiger partial charge in [0.15, 0.2) is 0 Å². The van der Waals surface area contributed by atoms with Crippen molar-refractivity contribution >= 4 is 23.2 Å². The van der Waals surface area contributed by atoms with E-state index in [-0.39, 0.29) is 17.8 Å². The molecule has 188 valence electrons.